The number of aromatic amines is 1. The molecule has 0 amide bonds. The topological polar surface area (TPSA) is 99.6 Å². The van der Waals surface area contributed by atoms with Gasteiger partial charge in [-0.25, -0.2) is 23.9 Å². The van der Waals surface area contributed by atoms with Gasteiger partial charge in [0.1, 0.15) is 11.7 Å². The summed E-state index contributed by atoms with van der Waals surface area (Å²) in [6.07, 6.45) is 6.92. The van der Waals surface area contributed by atoms with E-state index < -0.39 is 16.9 Å². The van der Waals surface area contributed by atoms with Crippen LogP contribution < -0.4 is 16.2 Å². The van der Waals surface area contributed by atoms with Crippen LogP contribution in [0.25, 0.3) is 5.69 Å². The van der Waals surface area contributed by atoms with Crippen LogP contribution >= 0.6 is 0 Å². The van der Waals surface area contributed by atoms with E-state index in [4.69, 9.17) is 0 Å². The molecule has 0 fully saturated rings. The molecule has 2 heterocycles. The van der Waals surface area contributed by atoms with Gasteiger partial charge in [-0.3, -0.25) is 0 Å². The first-order valence-corrected chi connectivity index (χ1v) is 8.90. The summed E-state index contributed by atoms with van der Waals surface area (Å²) in [5, 5.41) is 18.3. The SMILES string of the molecule is C=C(C)C1(n2[nH]c(=O)n(-c3ccccc3)c2=O)C2C=CC1c1c[n+]([O-])ncc12. The van der Waals surface area contributed by atoms with Crippen LogP contribution in [0.5, 0.6) is 0 Å². The number of benzene rings is 1. The zero-order chi connectivity index (χ0) is 19.6. The summed E-state index contributed by atoms with van der Waals surface area (Å²) >= 11 is 0. The van der Waals surface area contributed by atoms with Gasteiger partial charge in [-0.1, -0.05) is 47.3 Å². The van der Waals surface area contributed by atoms with Gasteiger partial charge in [0, 0.05) is 22.5 Å². The lowest BCUT2D eigenvalue weighted by atomic mass is 9.78. The molecule has 28 heavy (non-hydrogen) atoms. The van der Waals surface area contributed by atoms with E-state index in [2.05, 4.69) is 16.8 Å². The molecule has 0 aliphatic heterocycles. The van der Waals surface area contributed by atoms with Crippen LogP contribution in [0.2, 0.25) is 0 Å². The van der Waals surface area contributed by atoms with E-state index in [1.807, 2.05) is 25.1 Å². The van der Waals surface area contributed by atoms with Crippen molar-refractivity contribution in [2.24, 2.45) is 0 Å². The largest absolute Gasteiger partial charge is 0.594 e. The van der Waals surface area contributed by atoms with Crippen molar-refractivity contribution < 1.29 is 4.85 Å². The average molecular weight is 375 g/mol. The predicted molar refractivity (Wildman–Crippen MR) is 101 cm³/mol. The van der Waals surface area contributed by atoms with E-state index in [0.29, 0.717) is 16.1 Å². The van der Waals surface area contributed by atoms with Crippen LogP contribution in [-0.4, -0.2) is 19.4 Å². The molecule has 2 aliphatic rings. The average Bonchev–Trinajstić information content (AvgIpc) is 3.29. The second-order valence-electron chi connectivity index (χ2n) is 7.24. The summed E-state index contributed by atoms with van der Waals surface area (Å²) in [6.45, 7) is 5.98. The Balaban J connectivity index is 1.79. The fourth-order valence-corrected chi connectivity index (χ4v) is 4.77. The summed E-state index contributed by atoms with van der Waals surface area (Å²) in [4.78, 5) is 26.6. The summed E-state index contributed by atoms with van der Waals surface area (Å²) in [7, 11) is 0. The molecule has 1 N–H and O–H groups in total. The van der Waals surface area contributed by atoms with Crippen molar-refractivity contribution in [2.75, 3.05) is 0 Å². The molecular weight excluding hydrogens is 358 g/mol. The molecule has 2 aliphatic carbocycles. The molecule has 1 aromatic carbocycles. The first-order chi connectivity index (χ1) is 13.5. The summed E-state index contributed by atoms with van der Waals surface area (Å²) in [5.74, 6) is -0.549. The third kappa shape index (κ3) is 1.84. The molecule has 8 heteroatoms. The van der Waals surface area contributed by atoms with Gasteiger partial charge in [-0.15, -0.1) is 0 Å². The quantitative estimate of drug-likeness (QED) is 0.421. The van der Waals surface area contributed by atoms with Crippen molar-refractivity contribution in [1.29, 1.82) is 0 Å². The second kappa shape index (κ2) is 5.41. The number of para-hydroxylation sites is 1. The summed E-state index contributed by atoms with van der Waals surface area (Å²) < 4.78 is 2.48. The lowest BCUT2D eigenvalue weighted by Gasteiger charge is -2.35. The molecule has 5 rings (SSSR count). The lowest BCUT2D eigenvalue weighted by molar-refractivity contribution is -0.669. The van der Waals surface area contributed by atoms with Crippen molar-refractivity contribution in [3.05, 3.63) is 104 Å². The Bertz CT molecular complexity index is 1270. The van der Waals surface area contributed by atoms with E-state index in [-0.39, 0.29) is 11.8 Å². The molecular formula is C20H17N5O3. The van der Waals surface area contributed by atoms with Gasteiger partial charge < -0.3 is 5.21 Å². The first kappa shape index (κ1) is 16.5. The molecule has 0 spiro atoms. The van der Waals surface area contributed by atoms with Gasteiger partial charge in [0.05, 0.1) is 5.69 Å². The molecule has 2 aromatic heterocycles. The van der Waals surface area contributed by atoms with Gasteiger partial charge >= 0.3 is 11.4 Å². The minimum atomic E-state index is -0.922. The van der Waals surface area contributed by atoms with E-state index in [9.17, 15) is 14.8 Å². The molecule has 140 valence electrons. The minimum absolute atomic E-state index is 0.251. The fourth-order valence-electron chi connectivity index (χ4n) is 4.77. The molecule has 0 saturated carbocycles. The van der Waals surface area contributed by atoms with Crippen LogP contribution in [0, 0.1) is 5.21 Å². The smallest absolute Gasteiger partial charge is 0.352 e. The van der Waals surface area contributed by atoms with Crippen molar-refractivity contribution in [3.8, 4) is 5.69 Å². The molecule has 3 atom stereocenters. The normalized spacial score (nSPS) is 24.5. The highest BCUT2D eigenvalue weighted by molar-refractivity contribution is 5.55. The van der Waals surface area contributed by atoms with Crippen LogP contribution in [0.4, 0.5) is 0 Å². The predicted octanol–water partition coefficient (Wildman–Crippen LogP) is 1.08. The Hall–Kier alpha value is -3.68. The number of nitrogens with one attached hydrogen (secondary N) is 1. The van der Waals surface area contributed by atoms with Crippen LogP contribution in [-0.2, 0) is 5.54 Å². The van der Waals surface area contributed by atoms with E-state index in [1.54, 1.807) is 24.3 Å². The van der Waals surface area contributed by atoms with Crippen molar-refractivity contribution in [1.82, 2.24) is 19.4 Å². The lowest BCUT2D eigenvalue weighted by Crippen LogP contribution is -2.46. The maximum absolute atomic E-state index is 13.4. The molecule has 2 bridgehead atoms. The summed E-state index contributed by atoms with van der Waals surface area (Å²) in [6, 6.07) is 8.76. The van der Waals surface area contributed by atoms with Gasteiger partial charge in [0.2, 0.25) is 6.20 Å². The number of hydrogen-bond donors (Lipinski definition) is 1. The summed E-state index contributed by atoms with van der Waals surface area (Å²) in [5.41, 5.74) is 0.930. The number of H-pyrrole nitrogens is 1. The molecule has 8 nitrogen and oxygen atoms in total. The van der Waals surface area contributed by atoms with E-state index >= 15 is 0 Å². The zero-order valence-electron chi connectivity index (χ0n) is 15.1. The van der Waals surface area contributed by atoms with Crippen LogP contribution in [0.15, 0.2) is 76.6 Å². The van der Waals surface area contributed by atoms with Gasteiger partial charge in [0.15, 0.2) is 0 Å². The molecule has 3 aromatic rings. The number of rotatable bonds is 3. The maximum Gasteiger partial charge on any atom is 0.352 e. The Labute approximate surface area is 159 Å². The van der Waals surface area contributed by atoms with Gasteiger partial charge in [0.25, 0.3) is 0 Å². The Morgan fingerprint density at radius 3 is 2.57 bits per heavy atom. The standard InChI is InChI=1S/C20H17N5O3/c1-12(2)20(16-8-9-17(20)15-11-23(28)21-10-14(15)16)25-19(27)24(18(26)22-25)13-6-4-3-5-7-13/h3-11,16-17H,1H2,2H3,(H,22,26). The Kier molecular flexibility index (Phi) is 3.19. The number of nitrogens with zero attached hydrogens (tertiary/aromatic N) is 4. The monoisotopic (exact) mass is 375 g/mol. The number of aromatic nitrogens is 5. The highest BCUT2D eigenvalue weighted by Crippen LogP contribution is 2.61. The number of allylic oxidation sites excluding steroid dienone is 3. The number of hydrogen-bond acceptors (Lipinski definition) is 4. The Morgan fingerprint density at radius 1 is 1.21 bits per heavy atom. The highest BCUT2D eigenvalue weighted by atomic mass is 16.5. The fraction of sp³-hybridized carbons (Fsp3) is 0.200. The number of fused-ring (bicyclic) bond motifs is 5. The highest BCUT2D eigenvalue weighted by Gasteiger charge is 2.59. The third-order valence-corrected chi connectivity index (χ3v) is 5.87. The zero-order valence-corrected chi connectivity index (χ0v) is 15.1. The molecule has 0 radical (unpaired) electrons. The maximum atomic E-state index is 13.4. The van der Waals surface area contributed by atoms with E-state index in [1.165, 1.54) is 17.1 Å². The van der Waals surface area contributed by atoms with E-state index in [0.717, 1.165) is 15.7 Å². The second-order valence-corrected chi connectivity index (χ2v) is 7.24. The van der Waals surface area contributed by atoms with Gasteiger partial charge in [-0.2, -0.15) is 0 Å². The first-order valence-electron chi connectivity index (χ1n) is 8.90. The van der Waals surface area contributed by atoms with Gasteiger partial charge in [-0.05, 0) is 24.6 Å². The third-order valence-electron chi connectivity index (χ3n) is 5.87. The van der Waals surface area contributed by atoms with Crippen molar-refractivity contribution in [3.63, 3.8) is 0 Å². The van der Waals surface area contributed by atoms with Crippen LogP contribution in [0.1, 0.15) is 29.9 Å². The minimum Gasteiger partial charge on any atom is -0.594 e. The van der Waals surface area contributed by atoms with Crippen molar-refractivity contribution >= 4 is 0 Å². The van der Waals surface area contributed by atoms with Crippen molar-refractivity contribution in [2.45, 2.75) is 24.3 Å². The van der Waals surface area contributed by atoms with Crippen LogP contribution in [0.3, 0.4) is 0 Å². The molecule has 3 unspecified atom stereocenters. The molecule has 0 saturated heterocycles. The Morgan fingerprint density at radius 2 is 1.89 bits per heavy atom.